The van der Waals surface area contributed by atoms with Gasteiger partial charge >= 0.3 is 136 Å². The number of anilines is 2. The van der Waals surface area contributed by atoms with Crippen LogP contribution in [0, 0.1) is 5.82 Å². The third kappa shape index (κ3) is 2.28. The molecule has 2 aromatic heterocycles. The average molecular weight is 377 g/mol. The Bertz CT molecular complexity index is 999. The second-order valence-corrected chi connectivity index (χ2v) is 7.37. The first-order valence-electron chi connectivity index (χ1n) is 6.57. The van der Waals surface area contributed by atoms with Crippen LogP contribution >= 0.6 is 11.6 Å². The van der Waals surface area contributed by atoms with Crippen molar-refractivity contribution in [3.63, 3.8) is 0 Å². The van der Waals surface area contributed by atoms with Crippen LogP contribution in [0.1, 0.15) is 0 Å². The molecule has 0 aliphatic carbocycles. The molecule has 0 fully saturated rings. The van der Waals surface area contributed by atoms with E-state index in [0.29, 0.717) is 5.69 Å². The number of rotatable bonds is 2. The molecule has 0 aliphatic heterocycles. The van der Waals surface area contributed by atoms with Crippen molar-refractivity contribution in [1.82, 2.24) is 9.97 Å². The van der Waals surface area contributed by atoms with Crippen molar-refractivity contribution in [3.8, 4) is 0 Å². The van der Waals surface area contributed by atoms with Crippen LogP contribution in [-0.4, -0.2) is 24.5 Å². The fourth-order valence-electron chi connectivity index (χ4n) is 2.32. The molecule has 108 valence electrons. The quantitative estimate of drug-likeness (QED) is 0.528. The van der Waals surface area contributed by atoms with Crippen LogP contribution < -0.4 is 5.32 Å². The van der Waals surface area contributed by atoms with Crippen molar-refractivity contribution >= 4 is 57.0 Å². The number of benzene rings is 2. The molecule has 2 aromatic carbocycles. The van der Waals surface area contributed by atoms with Crippen molar-refractivity contribution in [2.24, 2.45) is 0 Å². The topological polar surface area (TPSA) is 37.8 Å². The molecule has 0 amide bonds. The van der Waals surface area contributed by atoms with E-state index < -0.39 is 5.82 Å². The summed E-state index contributed by atoms with van der Waals surface area (Å²) in [7, 11) is 0. The Balaban J connectivity index is 1.86. The van der Waals surface area contributed by atoms with Crippen LogP contribution in [-0.2, 0) is 0 Å². The van der Waals surface area contributed by atoms with E-state index in [9.17, 15) is 4.39 Å². The normalized spacial score (nSPS) is 11.2. The fraction of sp³-hybridized carbons (Fsp3) is 0. The number of nitrogens with zero attached hydrogens (tertiary/aromatic N) is 2. The summed E-state index contributed by atoms with van der Waals surface area (Å²) in [5.41, 5.74) is 1.68. The summed E-state index contributed by atoms with van der Waals surface area (Å²) in [6.45, 7) is 0. The average Bonchev–Trinajstić information content (AvgIpc) is 2.91. The Morgan fingerprint density at radius 1 is 1.09 bits per heavy atom. The molecule has 0 saturated carbocycles. The first-order chi connectivity index (χ1) is 10.7. The molecule has 4 aromatic rings. The van der Waals surface area contributed by atoms with Gasteiger partial charge in [-0.05, 0) is 0 Å². The van der Waals surface area contributed by atoms with Crippen LogP contribution in [0.3, 0.4) is 0 Å². The number of hydrogen-bond donors (Lipinski definition) is 1. The summed E-state index contributed by atoms with van der Waals surface area (Å²) in [6.07, 6.45) is 1.55. The zero-order chi connectivity index (χ0) is 15.1. The van der Waals surface area contributed by atoms with Gasteiger partial charge in [-0.2, -0.15) is 0 Å². The Morgan fingerprint density at radius 2 is 1.95 bits per heavy atom. The van der Waals surface area contributed by atoms with E-state index in [1.165, 1.54) is 15.7 Å². The predicted molar refractivity (Wildman–Crippen MR) is 88.7 cm³/mol. The zero-order valence-corrected chi connectivity index (χ0v) is 13.6. The maximum absolute atomic E-state index is 13.3. The van der Waals surface area contributed by atoms with Crippen molar-refractivity contribution in [3.05, 3.63) is 59.6 Å². The van der Waals surface area contributed by atoms with Gasteiger partial charge in [-0.1, -0.05) is 0 Å². The van der Waals surface area contributed by atoms with Gasteiger partial charge in [0.15, 0.2) is 0 Å². The SMILES string of the molecule is Fc1ccc(Nc2ncnc3c2[se]c2ccccc23)cc1Cl. The zero-order valence-electron chi connectivity index (χ0n) is 11.2. The summed E-state index contributed by atoms with van der Waals surface area (Å²) < 4.78 is 15.7. The van der Waals surface area contributed by atoms with Gasteiger partial charge in [0.2, 0.25) is 0 Å². The van der Waals surface area contributed by atoms with E-state index in [2.05, 4.69) is 27.4 Å². The second kappa shape index (κ2) is 5.36. The predicted octanol–water partition coefficient (Wildman–Crippen LogP) is 4.38. The van der Waals surface area contributed by atoms with Crippen molar-refractivity contribution in [2.75, 3.05) is 5.32 Å². The summed E-state index contributed by atoms with van der Waals surface area (Å²) in [6, 6.07) is 12.8. The molecule has 22 heavy (non-hydrogen) atoms. The number of halogens is 2. The molecule has 0 radical (unpaired) electrons. The van der Waals surface area contributed by atoms with Gasteiger partial charge in [-0.25, -0.2) is 0 Å². The van der Waals surface area contributed by atoms with Crippen LogP contribution in [0.15, 0.2) is 48.8 Å². The monoisotopic (exact) mass is 377 g/mol. The van der Waals surface area contributed by atoms with E-state index in [0.717, 1.165) is 15.6 Å². The van der Waals surface area contributed by atoms with Crippen LogP contribution in [0.4, 0.5) is 15.9 Å². The molecule has 3 nitrogen and oxygen atoms in total. The van der Waals surface area contributed by atoms with Gasteiger partial charge < -0.3 is 0 Å². The molecule has 0 bridgehead atoms. The molecule has 0 unspecified atom stereocenters. The molecular formula is C16H9ClFN3Se. The maximum atomic E-state index is 13.3. The number of aromatic nitrogens is 2. The van der Waals surface area contributed by atoms with Gasteiger partial charge in [0, 0.05) is 0 Å². The molecule has 0 atom stereocenters. The van der Waals surface area contributed by atoms with E-state index in [-0.39, 0.29) is 19.5 Å². The molecule has 6 heteroatoms. The third-order valence-corrected chi connectivity index (χ3v) is 6.08. The molecule has 0 aliphatic rings. The minimum atomic E-state index is -0.434. The van der Waals surface area contributed by atoms with E-state index in [4.69, 9.17) is 11.6 Å². The number of hydrogen-bond acceptors (Lipinski definition) is 3. The number of fused-ring (bicyclic) bond motifs is 3. The van der Waals surface area contributed by atoms with Crippen molar-refractivity contribution in [2.45, 2.75) is 0 Å². The summed E-state index contributed by atoms with van der Waals surface area (Å²) in [5, 5.41) is 4.47. The van der Waals surface area contributed by atoms with E-state index >= 15 is 0 Å². The molecular weight excluding hydrogens is 368 g/mol. The molecule has 0 spiro atoms. The van der Waals surface area contributed by atoms with Crippen molar-refractivity contribution < 1.29 is 4.39 Å². The van der Waals surface area contributed by atoms with Gasteiger partial charge in [0.1, 0.15) is 0 Å². The van der Waals surface area contributed by atoms with E-state index in [1.54, 1.807) is 18.5 Å². The summed E-state index contributed by atoms with van der Waals surface area (Å²) >= 11 is 5.98. The Kier molecular flexibility index (Phi) is 3.34. The summed E-state index contributed by atoms with van der Waals surface area (Å²) in [4.78, 5) is 8.75. The molecule has 1 N–H and O–H groups in total. The van der Waals surface area contributed by atoms with Crippen LogP contribution in [0.25, 0.3) is 19.4 Å². The van der Waals surface area contributed by atoms with Gasteiger partial charge in [0.05, 0.1) is 0 Å². The third-order valence-electron chi connectivity index (χ3n) is 3.34. The summed E-state index contributed by atoms with van der Waals surface area (Å²) in [5.74, 6) is 0.320. The van der Waals surface area contributed by atoms with Crippen LogP contribution in [0.2, 0.25) is 5.02 Å². The minimum absolute atomic E-state index is 0.0875. The Morgan fingerprint density at radius 3 is 2.82 bits per heavy atom. The van der Waals surface area contributed by atoms with Gasteiger partial charge in [-0.15, -0.1) is 0 Å². The van der Waals surface area contributed by atoms with Crippen molar-refractivity contribution in [1.29, 1.82) is 0 Å². The number of nitrogens with one attached hydrogen (secondary N) is 1. The first kappa shape index (κ1) is 13.7. The Labute approximate surface area is 136 Å². The standard InChI is InChI=1S/C16H9ClFN3Se/c17-11-7-9(5-6-12(11)18)21-16-15-14(19-8-20-16)10-3-1-2-4-13(10)22-15/h1-8H,(H,19,20,21). The molecule has 4 rings (SSSR count). The first-order valence-corrected chi connectivity index (χ1v) is 8.66. The van der Waals surface area contributed by atoms with Gasteiger partial charge in [-0.3, -0.25) is 0 Å². The molecule has 0 saturated heterocycles. The van der Waals surface area contributed by atoms with Crippen LogP contribution in [0.5, 0.6) is 0 Å². The Hall–Kier alpha value is -1.94. The van der Waals surface area contributed by atoms with E-state index in [1.807, 2.05) is 12.1 Å². The molecule has 2 heterocycles. The fourth-order valence-corrected chi connectivity index (χ4v) is 4.81. The van der Waals surface area contributed by atoms with Gasteiger partial charge in [0.25, 0.3) is 0 Å². The second-order valence-electron chi connectivity index (χ2n) is 4.75.